The molecule has 1 aromatic carbocycles. The van der Waals surface area contributed by atoms with Crippen LogP contribution in [0.1, 0.15) is 75.0 Å². The quantitative estimate of drug-likeness (QED) is 0.353. The van der Waals surface area contributed by atoms with Crippen LogP contribution in [-0.2, 0) is 19.6 Å². The van der Waals surface area contributed by atoms with Crippen LogP contribution in [0.4, 0.5) is 0 Å². The van der Waals surface area contributed by atoms with Gasteiger partial charge in [0.25, 0.3) is 0 Å². The Morgan fingerprint density at radius 2 is 1.65 bits per heavy atom. The number of carbonyl (C=O) groups is 2. The lowest BCUT2D eigenvalue weighted by molar-refractivity contribution is -0.165. The molecular formula is C33H51N7O5S. The first-order chi connectivity index (χ1) is 21.8. The van der Waals surface area contributed by atoms with Crippen molar-refractivity contribution >= 4 is 21.8 Å². The summed E-state index contributed by atoms with van der Waals surface area (Å²) in [6.45, 7) is 13.6. The molecule has 254 valence electrons. The summed E-state index contributed by atoms with van der Waals surface area (Å²) in [5, 5.41) is 21.3. The highest BCUT2D eigenvalue weighted by atomic mass is 32.2. The van der Waals surface area contributed by atoms with Crippen LogP contribution in [0.2, 0.25) is 0 Å². The molecule has 3 N–H and O–H groups in total. The van der Waals surface area contributed by atoms with E-state index in [-0.39, 0.29) is 28.7 Å². The summed E-state index contributed by atoms with van der Waals surface area (Å²) >= 11 is 0. The molecule has 0 aliphatic carbocycles. The number of sulfonamides is 1. The lowest BCUT2D eigenvalue weighted by Crippen LogP contribution is -2.75. The van der Waals surface area contributed by atoms with Crippen LogP contribution in [0.25, 0.3) is 0 Å². The summed E-state index contributed by atoms with van der Waals surface area (Å²) in [5.74, 6) is -0.584. The van der Waals surface area contributed by atoms with Crippen molar-refractivity contribution in [2.24, 2.45) is 5.92 Å². The van der Waals surface area contributed by atoms with Crippen LogP contribution < -0.4 is 5.32 Å². The molecule has 12 nitrogen and oxygen atoms in total. The average Bonchev–Trinajstić information content (AvgIpc) is 3.37. The van der Waals surface area contributed by atoms with Gasteiger partial charge in [-0.3, -0.25) is 19.6 Å². The van der Waals surface area contributed by atoms with E-state index in [1.165, 1.54) is 0 Å². The molecule has 2 aromatic rings. The van der Waals surface area contributed by atoms with Crippen molar-refractivity contribution in [2.75, 3.05) is 52.9 Å². The molecule has 3 saturated heterocycles. The van der Waals surface area contributed by atoms with Gasteiger partial charge in [-0.1, -0.05) is 39.3 Å². The first-order valence-electron chi connectivity index (χ1n) is 16.7. The molecular weight excluding hydrogens is 606 g/mol. The zero-order valence-corrected chi connectivity index (χ0v) is 28.9. The number of likely N-dealkylation sites (N-methyl/N-ethyl adjacent to an activating group) is 1. The van der Waals surface area contributed by atoms with Gasteiger partial charge in [-0.2, -0.15) is 9.40 Å². The molecule has 46 heavy (non-hydrogen) atoms. The fourth-order valence-corrected chi connectivity index (χ4v) is 8.69. The summed E-state index contributed by atoms with van der Waals surface area (Å²) in [6.07, 6.45) is 1.58. The molecule has 4 heterocycles. The maximum Gasteiger partial charge on any atom is 0.248 e. The van der Waals surface area contributed by atoms with Gasteiger partial charge in [0.05, 0.1) is 22.7 Å². The number of likely N-dealkylation sites (tertiary alicyclic amines) is 1. The molecule has 0 saturated carbocycles. The van der Waals surface area contributed by atoms with Gasteiger partial charge in [0, 0.05) is 57.1 Å². The van der Waals surface area contributed by atoms with E-state index in [1.807, 2.05) is 46.9 Å². The average molecular weight is 658 g/mol. The smallest absolute Gasteiger partial charge is 0.248 e. The van der Waals surface area contributed by atoms with E-state index >= 15 is 0 Å². The van der Waals surface area contributed by atoms with Crippen LogP contribution in [0.5, 0.6) is 0 Å². The number of amides is 2. The third-order valence-corrected chi connectivity index (χ3v) is 12.2. The number of nitrogens with one attached hydrogen (secondary N) is 2. The molecule has 1 aromatic heterocycles. The maximum absolute atomic E-state index is 13.9. The Kier molecular flexibility index (Phi) is 10.3. The molecule has 0 bridgehead atoms. The molecule has 13 heteroatoms. The van der Waals surface area contributed by atoms with E-state index in [0.717, 1.165) is 35.4 Å². The molecule has 3 fully saturated rings. The van der Waals surface area contributed by atoms with Crippen molar-refractivity contribution in [2.45, 2.75) is 88.9 Å². The van der Waals surface area contributed by atoms with Crippen molar-refractivity contribution in [3.05, 3.63) is 46.8 Å². The number of aromatic nitrogens is 2. The zero-order chi connectivity index (χ0) is 33.4. The third-order valence-electron chi connectivity index (χ3n) is 10.3. The largest absolute Gasteiger partial charge is 0.390 e. The second kappa shape index (κ2) is 13.7. The number of aryl methyl sites for hydroxylation is 2. The fourth-order valence-electron chi connectivity index (χ4n) is 7.27. The second-order valence-electron chi connectivity index (χ2n) is 13.6. The maximum atomic E-state index is 13.9. The van der Waals surface area contributed by atoms with Crippen LogP contribution >= 0.6 is 0 Å². The van der Waals surface area contributed by atoms with Crippen LogP contribution in [-0.4, -0.2) is 125 Å². The monoisotopic (exact) mass is 657 g/mol. The lowest BCUT2D eigenvalue weighted by atomic mass is 9.79. The summed E-state index contributed by atoms with van der Waals surface area (Å²) < 4.78 is 28.4. The second-order valence-corrected chi connectivity index (χ2v) is 15.6. The highest BCUT2D eigenvalue weighted by Gasteiger charge is 2.55. The Morgan fingerprint density at radius 3 is 2.20 bits per heavy atom. The number of piperazine rings is 2. The minimum absolute atomic E-state index is 0.177. The van der Waals surface area contributed by atoms with Crippen molar-refractivity contribution in [1.29, 1.82) is 0 Å². The van der Waals surface area contributed by atoms with Crippen LogP contribution in [0.3, 0.4) is 0 Å². The molecule has 5 rings (SSSR count). The standard InChI is InChI=1S/C33H51N7O5S/c1-7-8-15-40-31(42)28(30(41)22(2)3)34-32(43)33(40)13-16-38(17-14-33)29(27-23(4)35-36-24(27)5)25-9-11-26(12-10-25)46(44,45)39-20-18-37(6)19-21-39/h9-12,22,28-30,41H,7-8,13-21H2,1-6H3,(H,34,43)(H,35,36)/t28-,29?,30-/m1/s1. The number of benzene rings is 1. The molecule has 1 unspecified atom stereocenters. The number of hydrogen-bond donors (Lipinski definition) is 3. The molecule has 3 atom stereocenters. The number of H-pyrrole nitrogens is 1. The minimum Gasteiger partial charge on any atom is -0.390 e. The number of aromatic amines is 1. The number of carbonyl (C=O) groups excluding carboxylic acids is 2. The topological polar surface area (TPSA) is 142 Å². The van der Waals surface area contributed by atoms with Gasteiger partial charge < -0.3 is 20.2 Å². The predicted molar refractivity (Wildman–Crippen MR) is 176 cm³/mol. The first kappa shape index (κ1) is 34.5. The van der Waals surface area contributed by atoms with Gasteiger partial charge in [0.15, 0.2) is 0 Å². The molecule has 2 amide bonds. The summed E-state index contributed by atoms with van der Waals surface area (Å²) in [6, 6.07) is 6.02. The Morgan fingerprint density at radius 1 is 1.02 bits per heavy atom. The van der Waals surface area contributed by atoms with Crippen molar-refractivity contribution in [3.8, 4) is 0 Å². The van der Waals surface area contributed by atoms with Crippen LogP contribution in [0, 0.1) is 19.8 Å². The van der Waals surface area contributed by atoms with E-state index in [9.17, 15) is 23.1 Å². The number of aliphatic hydroxyl groups excluding tert-OH is 1. The number of unbranched alkanes of at least 4 members (excludes halogenated alkanes) is 1. The van der Waals surface area contributed by atoms with E-state index in [2.05, 4.69) is 32.2 Å². The third kappa shape index (κ3) is 6.36. The van der Waals surface area contributed by atoms with Gasteiger partial charge in [-0.05, 0) is 63.8 Å². The fraction of sp³-hybridized carbons (Fsp3) is 0.667. The molecule has 3 aliphatic heterocycles. The summed E-state index contributed by atoms with van der Waals surface area (Å²) in [5.41, 5.74) is 2.77. The Labute approximate surface area is 273 Å². The Balaban J connectivity index is 1.42. The van der Waals surface area contributed by atoms with Gasteiger partial charge in [-0.15, -0.1) is 0 Å². The van der Waals surface area contributed by atoms with E-state index < -0.39 is 27.7 Å². The highest BCUT2D eigenvalue weighted by molar-refractivity contribution is 7.89. The summed E-state index contributed by atoms with van der Waals surface area (Å²) in [7, 11) is -1.61. The van der Waals surface area contributed by atoms with Gasteiger partial charge >= 0.3 is 0 Å². The highest BCUT2D eigenvalue weighted by Crippen LogP contribution is 2.40. The molecule has 0 radical (unpaired) electrons. The van der Waals surface area contributed by atoms with Crippen molar-refractivity contribution in [3.63, 3.8) is 0 Å². The zero-order valence-electron chi connectivity index (χ0n) is 28.1. The predicted octanol–water partition coefficient (Wildman–Crippen LogP) is 2.03. The van der Waals surface area contributed by atoms with E-state index in [4.69, 9.17) is 0 Å². The SMILES string of the molecule is CCCCN1C(=O)[C@@H]([C@H](O)C(C)C)NC(=O)C12CCN(C(c1ccc(S(=O)(=O)N3CCN(C)CC3)cc1)c1c(C)n[nH]c1C)CC2. The first-order valence-corrected chi connectivity index (χ1v) is 18.1. The van der Waals surface area contributed by atoms with Crippen LogP contribution in [0.15, 0.2) is 29.2 Å². The van der Waals surface area contributed by atoms with Crippen molar-refractivity contribution in [1.82, 2.24) is 34.5 Å². The van der Waals surface area contributed by atoms with Gasteiger partial charge in [-0.25, -0.2) is 8.42 Å². The van der Waals surface area contributed by atoms with Gasteiger partial charge in [0.2, 0.25) is 21.8 Å². The van der Waals surface area contributed by atoms with Crippen molar-refractivity contribution < 1.29 is 23.1 Å². The molecule has 1 spiro atoms. The minimum atomic E-state index is -3.61. The number of nitrogens with zero attached hydrogens (tertiary/aromatic N) is 5. The number of hydrogen-bond acceptors (Lipinski definition) is 8. The normalized spacial score (nSPS) is 23.2. The number of piperidine rings is 1. The lowest BCUT2D eigenvalue weighted by Gasteiger charge is -2.53. The van der Waals surface area contributed by atoms with Gasteiger partial charge in [0.1, 0.15) is 11.6 Å². The van der Waals surface area contributed by atoms with E-state index in [0.29, 0.717) is 58.7 Å². The van der Waals surface area contributed by atoms with E-state index in [1.54, 1.807) is 21.3 Å². The number of rotatable bonds is 10. The number of aliphatic hydroxyl groups is 1. The summed E-state index contributed by atoms with van der Waals surface area (Å²) in [4.78, 5) is 34.2. The Bertz CT molecular complexity index is 1470. The molecule has 3 aliphatic rings. The Hall–Kier alpha value is -2.84.